The molecule has 0 aliphatic carbocycles. The van der Waals surface area contributed by atoms with Crippen molar-refractivity contribution in [2.45, 2.75) is 43.5 Å². The van der Waals surface area contributed by atoms with Gasteiger partial charge in [-0.05, 0) is 73.9 Å². The predicted molar refractivity (Wildman–Crippen MR) is 134 cm³/mol. The molecule has 35 heavy (non-hydrogen) atoms. The normalized spacial score (nSPS) is 19.6. The number of halogens is 1. The van der Waals surface area contributed by atoms with Gasteiger partial charge in [0.1, 0.15) is 18.2 Å². The molecule has 1 aliphatic rings. The summed E-state index contributed by atoms with van der Waals surface area (Å²) >= 11 is 1.58. The molecule has 188 valence electrons. The van der Waals surface area contributed by atoms with Crippen LogP contribution in [-0.2, 0) is 4.79 Å². The molecule has 0 bridgehead atoms. The van der Waals surface area contributed by atoms with Gasteiger partial charge < -0.3 is 19.2 Å². The first kappa shape index (κ1) is 25.4. The van der Waals surface area contributed by atoms with E-state index in [1.54, 1.807) is 43.6 Å². The number of rotatable bonds is 12. The number of benzene rings is 1. The largest absolute Gasteiger partial charge is 0.497 e. The Balaban J connectivity index is 1.36. The van der Waals surface area contributed by atoms with Gasteiger partial charge in [-0.3, -0.25) is 9.78 Å². The van der Waals surface area contributed by atoms with E-state index in [0.29, 0.717) is 35.3 Å². The molecule has 3 heterocycles. The minimum atomic E-state index is -1.11. The lowest BCUT2D eigenvalue weighted by Crippen LogP contribution is -2.41. The van der Waals surface area contributed by atoms with Gasteiger partial charge in [0.2, 0.25) is 0 Å². The van der Waals surface area contributed by atoms with Crippen molar-refractivity contribution >= 4 is 28.6 Å². The van der Waals surface area contributed by atoms with E-state index in [9.17, 15) is 9.90 Å². The minimum absolute atomic E-state index is 0.147. The number of carbonyl (C=O) groups is 1. The Hall–Kier alpha value is -2.65. The van der Waals surface area contributed by atoms with E-state index in [4.69, 9.17) is 9.15 Å². The molecular formula is C26H32FN3O4S. The summed E-state index contributed by atoms with van der Waals surface area (Å²) < 4.78 is 26.1. The van der Waals surface area contributed by atoms with Crippen LogP contribution in [0.1, 0.15) is 43.8 Å². The number of alkyl halides is 1. The van der Waals surface area contributed by atoms with Gasteiger partial charge in [0, 0.05) is 36.8 Å². The van der Waals surface area contributed by atoms with Crippen molar-refractivity contribution in [1.29, 1.82) is 0 Å². The van der Waals surface area contributed by atoms with Gasteiger partial charge in [-0.2, -0.15) is 0 Å². The van der Waals surface area contributed by atoms with Crippen LogP contribution in [0.4, 0.5) is 4.39 Å². The highest BCUT2D eigenvalue weighted by Gasteiger charge is 2.30. The van der Waals surface area contributed by atoms with E-state index in [0.717, 1.165) is 49.1 Å². The molecule has 3 aromatic rings. The summed E-state index contributed by atoms with van der Waals surface area (Å²) in [6, 6.07) is 7.27. The highest BCUT2D eigenvalue weighted by Crippen LogP contribution is 2.36. The summed E-state index contributed by atoms with van der Waals surface area (Å²) in [6.45, 7) is 2.67. The zero-order valence-electron chi connectivity index (χ0n) is 19.9. The lowest BCUT2D eigenvalue weighted by atomic mass is 9.79. The van der Waals surface area contributed by atoms with E-state index < -0.39 is 12.1 Å². The van der Waals surface area contributed by atoms with E-state index in [1.165, 1.54) is 0 Å². The van der Waals surface area contributed by atoms with Gasteiger partial charge in [0.25, 0.3) is 5.22 Å². The quantitative estimate of drug-likeness (QED) is 0.320. The monoisotopic (exact) mass is 501 g/mol. The Morgan fingerprint density at radius 1 is 1.29 bits per heavy atom. The third-order valence-corrected chi connectivity index (χ3v) is 7.69. The summed E-state index contributed by atoms with van der Waals surface area (Å²) in [5, 5.41) is 10.7. The third kappa shape index (κ3) is 6.95. The highest BCUT2D eigenvalue weighted by atomic mass is 32.2. The molecule has 1 aliphatic heterocycles. The summed E-state index contributed by atoms with van der Waals surface area (Å²) in [4.78, 5) is 22.1. The standard InChI is InChI=1S/C26H32FN3O4S/c1-33-20-4-6-24-22(16-20)21(8-10-28-24)23(27)5-2-18-9-12-30(17-19(18)3-7-25(31)32)13-15-35-26-29-11-14-34-26/h4,6,8,10-11,14,16,18-19,23H,2-3,5,7,9,12-13,15,17H2,1H3,(H,31,32)/t18-,19+,23?/m1/s1. The number of carboxylic acids is 1. The molecule has 2 aromatic heterocycles. The van der Waals surface area contributed by atoms with Crippen LogP contribution in [0.15, 0.2) is 52.6 Å². The Bertz CT molecular complexity index is 1100. The van der Waals surface area contributed by atoms with Crippen LogP contribution in [0.3, 0.4) is 0 Å². The average Bonchev–Trinajstić information content (AvgIpc) is 3.39. The van der Waals surface area contributed by atoms with Crippen LogP contribution in [0.2, 0.25) is 0 Å². The zero-order chi connectivity index (χ0) is 24.6. The van der Waals surface area contributed by atoms with E-state index in [-0.39, 0.29) is 12.3 Å². The number of hydrogen-bond donors (Lipinski definition) is 1. The first-order valence-electron chi connectivity index (χ1n) is 12.1. The Labute approximate surface area is 209 Å². The number of piperidine rings is 1. The molecule has 1 saturated heterocycles. The molecular weight excluding hydrogens is 469 g/mol. The highest BCUT2D eigenvalue weighted by molar-refractivity contribution is 7.99. The second-order valence-corrected chi connectivity index (χ2v) is 10.1. The molecule has 3 atom stereocenters. The molecule has 0 amide bonds. The van der Waals surface area contributed by atoms with Crippen molar-refractivity contribution in [2.75, 3.05) is 32.5 Å². The SMILES string of the molecule is COc1ccc2nccc(C(F)CC[C@@H]3CCN(CCSc4ncco4)C[C@@H]3CCC(=O)O)c2c1. The van der Waals surface area contributed by atoms with Gasteiger partial charge in [-0.1, -0.05) is 11.8 Å². The number of carboxylic acid groups (broad SMARTS) is 1. The molecule has 1 unspecified atom stereocenters. The summed E-state index contributed by atoms with van der Waals surface area (Å²) in [6.07, 6.45) is 6.61. The fourth-order valence-electron chi connectivity index (χ4n) is 4.98. The number of methoxy groups -OCH3 is 1. The van der Waals surface area contributed by atoms with Gasteiger partial charge in [0.15, 0.2) is 0 Å². The number of aromatic nitrogens is 2. The van der Waals surface area contributed by atoms with Crippen LogP contribution in [0.5, 0.6) is 5.75 Å². The first-order valence-corrected chi connectivity index (χ1v) is 13.0. The van der Waals surface area contributed by atoms with Crippen molar-refractivity contribution in [3.63, 3.8) is 0 Å². The number of pyridine rings is 1. The second-order valence-electron chi connectivity index (χ2n) is 9.02. The van der Waals surface area contributed by atoms with Gasteiger partial charge in [-0.15, -0.1) is 0 Å². The van der Waals surface area contributed by atoms with Crippen molar-refractivity contribution in [3.05, 3.63) is 48.5 Å². The van der Waals surface area contributed by atoms with Gasteiger partial charge in [-0.25, -0.2) is 9.37 Å². The number of aliphatic carboxylic acids is 1. The average molecular weight is 502 g/mol. The number of ether oxygens (including phenoxy) is 1. The summed E-state index contributed by atoms with van der Waals surface area (Å²) in [5.74, 6) is 1.32. The lowest BCUT2D eigenvalue weighted by molar-refractivity contribution is -0.137. The van der Waals surface area contributed by atoms with Crippen LogP contribution < -0.4 is 4.74 Å². The second kappa shape index (κ2) is 12.4. The number of oxazole rings is 1. The predicted octanol–water partition coefficient (Wildman–Crippen LogP) is 5.62. The maximum atomic E-state index is 15.5. The molecule has 9 heteroatoms. The number of likely N-dealkylation sites (tertiary alicyclic amines) is 1. The Morgan fingerprint density at radius 3 is 2.94 bits per heavy atom. The van der Waals surface area contributed by atoms with Crippen molar-refractivity contribution in [2.24, 2.45) is 11.8 Å². The smallest absolute Gasteiger partial charge is 0.303 e. The first-order chi connectivity index (χ1) is 17.0. The number of fused-ring (bicyclic) bond motifs is 1. The van der Waals surface area contributed by atoms with Gasteiger partial charge >= 0.3 is 5.97 Å². The van der Waals surface area contributed by atoms with Crippen LogP contribution in [0, 0.1) is 11.8 Å². The third-order valence-electron chi connectivity index (χ3n) is 6.86. The zero-order valence-corrected chi connectivity index (χ0v) is 20.8. The number of nitrogens with zero attached hydrogens (tertiary/aromatic N) is 3. The molecule has 0 radical (unpaired) electrons. The maximum Gasteiger partial charge on any atom is 0.303 e. The lowest BCUT2D eigenvalue weighted by Gasteiger charge is -2.39. The Kier molecular flexibility index (Phi) is 8.98. The van der Waals surface area contributed by atoms with E-state index >= 15 is 4.39 Å². The van der Waals surface area contributed by atoms with Crippen molar-refractivity contribution < 1.29 is 23.4 Å². The molecule has 7 nitrogen and oxygen atoms in total. The topological polar surface area (TPSA) is 88.7 Å². The summed E-state index contributed by atoms with van der Waals surface area (Å²) in [5.41, 5.74) is 1.39. The molecule has 0 spiro atoms. The van der Waals surface area contributed by atoms with Crippen LogP contribution >= 0.6 is 11.8 Å². The summed E-state index contributed by atoms with van der Waals surface area (Å²) in [7, 11) is 1.60. The Morgan fingerprint density at radius 2 is 2.17 bits per heavy atom. The molecule has 1 N–H and O–H groups in total. The molecule has 4 rings (SSSR count). The molecule has 0 saturated carbocycles. The van der Waals surface area contributed by atoms with Crippen molar-refractivity contribution in [1.82, 2.24) is 14.9 Å². The van der Waals surface area contributed by atoms with Crippen LogP contribution in [-0.4, -0.2) is 58.4 Å². The van der Waals surface area contributed by atoms with Crippen molar-refractivity contribution in [3.8, 4) is 5.75 Å². The van der Waals surface area contributed by atoms with E-state index in [1.807, 2.05) is 18.2 Å². The maximum absolute atomic E-state index is 15.5. The minimum Gasteiger partial charge on any atom is -0.497 e. The van der Waals surface area contributed by atoms with Crippen LogP contribution in [0.25, 0.3) is 10.9 Å². The van der Waals surface area contributed by atoms with E-state index in [2.05, 4.69) is 14.9 Å². The molecule has 1 fully saturated rings. The number of hydrogen-bond acceptors (Lipinski definition) is 7. The fraction of sp³-hybridized carbons (Fsp3) is 0.500. The fourth-order valence-corrected chi connectivity index (χ4v) is 5.76. The van der Waals surface area contributed by atoms with Gasteiger partial charge in [0.05, 0.1) is 18.8 Å². The molecule has 1 aromatic carbocycles. The number of thioether (sulfide) groups is 1.